The van der Waals surface area contributed by atoms with Crippen LogP contribution in [0, 0.1) is 0 Å². The van der Waals surface area contributed by atoms with Crippen LogP contribution in [0.5, 0.6) is 0 Å². The van der Waals surface area contributed by atoms with E-state index in [1.54, 1.807) is 0 Å². The van der Waals surface area contributed by atoms with Gasteiger partial charge in [-0.2, -0.15) is 13.2 Å². The fourth-order valence-electron chi connectivity index (χ4n) is 1.28. The van der Waals surface area contributed by atoms with Crippen molar-refractivity contribution in [2.45, 2.75) is 6.18 Å². The molecule has 0 radical (unpaired) electrons. The maximum Gasteiger partial charge on any atom is 0.422 e. The monoisotopic (exact) mass is 306 g/mol. The van der Waals surface area contributed by atoms with Crippen LogP contribution in [0.1, 0.15) is 10.4 Å². The van der Waals surface area contributed by atoms with Gasteiger partial charge in [0, 0.05) is 17.8 Å². The van der Waals surface area contributed by atoms with Gasteiger partial charge in [-0.15, -0.1) is 0 Å². The first kappa shape index (κ1) is 16.8. The van der Waals surface area contributed by atoms with Crippen molar-refractivity contribution in [2.24, 2.45) is 0 Å². The van der Waals surface area contributed by atoms with E-state index in [-0.39, 0.29) is 24.4 Å². The van der Waals surface area contributed by atoms with Crippen LogP contribution in [0.15, 0.2) is 24.3 Å². The third-order valence-corrected chi connectivity index (χ3v) is 2.16. The zero-order valence-corrected chi connectivity index (χ0v) is 10.7. The van der Waals surface area contributed by atoms with E-state index in [2.05, 4.69) is 15.4 Å². The molecule has 0 aliphatic rings. The van der Waals surface area contributed by atoms with Gasteiger partial charge in [0.15, 0.2) is 6.61 Å². The third kappa shape index (κ3) is 6.61. The highest BCUT2D eigenvalue weighted by atomic mass is 19.4. The van der Waals surface area contributed by atoms with E-state index in [4.69, 9.17) is 5.11 Å². The predicted octanol–water partition coefficient (Wildman–Crippen LogP) is 1.52. The average molecular weight is 306 g/mol. The molecule has 0 atom stereocenters. The van der Waals surface area contributed by atoms with E-state index in [1.165, 1.54) is 24.3 Å². The number of hydrogen-bond acceptors (Lipinski definition) is 4. The predicted molar refractivity (Wildman–Crippen MR) is 66.9 cm³/mol. The first-order valence-corrected chi connectivity index (χ1v) is 5.81. The molecule has 0 aliphatic carbocycles. The van der Waals surface area contributed by atoms with Gasteiger partial charge in [0.25, 0.3) is 5.91 Å². The molecule has 9 heteroatoms. The lowest BCUT2D eigenvalue weighted by Crippen LogP contribution is -2.26. The molecule has 1 aromatic carbocycles. The Bertz CT molecular complexity index is 488. The molecule has 0 fully saturated rings. The Kier molecular flexibility index (Phi) is 5.97. The number of ether oxygens (including phenoxy) is 1. The van der Waals surface area contributed by atoms with Crippen LogP contribution >= 0.6 is 0 Å². The molecule has 1 rings (SSSR count). The van der Waals surface area contributed by atoms with E-state index >= 15 is 0 Å². The second kappa shape index (κ2) is 7.48. The number of alkyl halides is 3. The number of nitrogens with one attached hydrogen (secondary N) is 2. The molecular weight excluding hydrogens is 293 g/mol. The lowest BCUT2D eigenvalue weighted by molar-refractivity contribution is -0.159. The number of carbonyl (C=O) groups excluding carboxylic acids is 2. The van der Waals surface area contributed by atoms with Crippen LogP contribution in [-0.2, 0) is 4.74 Å². The first-order chi connectivity index (χ1) is 9.81. The number of aliphatic hydroxyl groups is 1. The maximum absolute atomic E-state index is 11.8. The number of aliphatic hydroxyl groups excluding tert-OH is 1. The molecule has 21 heavy (non-hydrogen) atoms. The molecule has 0 aromatic heterocycles. The average Bonchev–Trinajstić information content (AvgIpc) is 2.42. The molecule has 6 nitrogen and oxygen atoms in total. The quantitative estimate of drug-likeness (QED) is 0.769. The number of benzene rings is 1. The lowest BCUT2D eigenvalue weighted by atomic mass is 10.2. The summed E-state index contributed by atoms with van der Waals surface area (Å²) in [5, 5.41) is 13.1. The summed E-state index contributed by atoms with van der Waals surface area (Å²) in [6, 6.07) is 5.41. The Morgan fingerprint density at radius 1 is 1.19 bits per heavy atom. The molecule has 0 unspecified atom stereocenters. The SMILES string of the molecule is O=C(Nc1ccc(C(=O)NCCO)cc1)OCC(F)(F)F. The Labute approximate surface area is 117 Å². The second-order valence-electron chi connectivity index (χ2n) is 3.87. The Balaban J connectivity index is 2.51. The van der Waals surface area contributed by atoms with E-state index in [1.807, 2.05) is 0 Å². The van der Waals surface area contributed by atoms with Crippen LogP contribution in [-0.4, -0.2) is 43.0 Å². The summed E-state index contributed by atoms with van der Waals surface area (Å²) in [4.78, 5) is 22.6. The van der Waals surface area contributed by atoms with Gasteiger partial charge in [-0.3, -0.25) is 10.1 Å². The van der Waals surface area contributed by atoms with Crippen molar-refractivity contribution in [1.82, 2.24) is 5.32 Å². The largest absolute Gasteiger partial charge is 0.440 e. The van der Waals surface area contributed by atoms with Gasteiger partial charge in [-0.1, -0.05) is 0 Å². The minimum Gasteiger partial charge on any atom is -0.440 e. The molecule has 0 aliphatic heterocycles. The first-order valence-electron chi connectivity index (χ1n) is 5.81. The lowest BCUT2D eigenvalue weighted by Gasteiger charge is -2.09. The molecule has 0 heterocycles. The Hall–Kier alpha value is -2.29. The molecular formula is C12H13F3N2O4. The number of carbonyl (C=O) groups is 2. The van der Waals surface area contributed by atoms with Crippen molar-refractivity contribution in [1.29, 1.82) is 0 Å². The molecule has 0 bridgehead atoms. The van der Waals surface area contributed by atoms with Gasteiger partial charge < -0.3 is 15.2 Å². The maximum atomic E-state index is 11.8. The van der Waals surface area contributed by atoms with E-state index in [0.717, 1.165) is 0 Å². The topological polar surface area (TPSA) is 87.7 Å². The van der Waals surface area contributed by atoms with Crippen LogP contribution < -0.4 is 10.6 Å². The van der Waals surface area contributed by atoms with Crippen molar-refractivity contribution in [3.05, 3.63) is 29.8 Å². The Morgan fingerprint density at radius 3 is 2.33 bits per heavy atom. The number of hydrogen-bond donors (Lipinski definition) is 3. The summed E-state index contributed by atoms with van der Waals surface area (Å²) >= 11 is 0. The molecule has 116 valence electrons. The van der Waals surface area contributed by atoms with Gasteiger partial charge in [0.1, 0.15) is 0 Å². The fourth-order valence-corrected chi connectivity index (χ4v) is 1.28. The van der Waals surface area contributed by atoms with Crippen molar-refractivity contribution < 1.29 is 32.6 Å². The summed E-state index contributed by atoms with van der Waals surface area (Å²) in [5.41, 5.74) is 0.457. The fraction of sp³-hybridized carbons (Fsp3) is 0.333. The molecule has 0 spiro atoms. The molecule has 3 N–H and O–H groups in total. The summed E-state index contributed by atoms with van der Waals surface area (Å²) in [6.07, 6.45) is -5.84. The number of rotatable bonds is 5. The number of halogens is 3. The van der Waals surface area contributed by atoms with Crippen molar-refractivity contribution in [3.63, 3.8) is 0 Å². The van der Waals surface area contributed by atoms with Gasteiger partial charge in [-0.05, 0) is 24.3 Å². The third-order valence-electron chi connectivity index (χ3n) is 2.16. The molecule has 0 saturated carbocycles. The van der Waals surface area contributed by atoms with Crippen LogP contribution in [0.25, 0.3) is 0 Å². The Morgan fingerprint density at radius 2 is 1.81 bits per heavy atom. The van der Waals surface area contributed by atoms with Crippen molar-refractivity contribution in [3.8, 4) is 0 Å². The zero-order chi connectivity index (χ0) is 15.9. The molecule has 1 aromatic rings. The van der Waals surface area contributed by atoms with Crippen LogP contribution in [0.2, 0.25) is 0 Å². The number of anilines is 1. The van der Waals surface area contributed by atoms with Crippen LogP contribution in [0.4, 0.5) is 23.7 Å². The highest BCUT2D eigenvalue weighted by Gasteiger charge is 2.29. The van der Waals surface area contributed by atoms with Gasteiger partial charge >= 0.3 is 12.3 Å². The minimum atomic E-state index is -4.59. The van der Waals surface area contributed by atoms with E-state index in [0.29, 0.717) is 0 Å². The smallest absolute Gasteiger partial charge is 0.422 e. The zero-order valence-electron chi connectivity index (χ0n) is 10.7. The van der Waals surface area contributed by atoms with Gasteiger partial charge in [0.2, 0.25) is 0 Å². The van der Waals surface area contributed by atoms with Crippen molar-refractivity contribution in [2.75, 3.05) is 25.1 Å². The molecule has 0 saturated heterocycles. The highest BCUT2D eigenvalue weighted by molar-refractivity contribution is 5.95. The van der Waals surface area contributed by atoms with Gasteiger partial charge in [0.05, 0.1) is 6.61 Å². The summed E-state index contributed by atoms with van der Waals surface area (Å²) in [5.74, 6) is -0.421. The van der Waals surface area contributed by atoms with Gasteiger partial charge in [-0.25, -0.2) is 4.79 Å². The van der Waals surface area contributed by atoms with E-state index in [9.17, 15) is 22.8 Å². The molecule has 2 amide bonds. The van der Waals surface area contributed by atoms with Crippen LogP contribution in [0.3, 0.4) is 0 Å². The second-order valence-corrected chi connectivity index (χ2v) is 3.87. The van der Waals surface area contributed by atoms with Crippen molar-refractivity contribution >= 4 is 17.7 Å². The summed E-state index contributed by atoms with van der Waals surface area (Å²) < 4.78 is 39.5. The standard InChI is InChI=1S/C12H13F3N2O4/c13-12(14,15)7-21-11(20)17-9-3-1-8(2-4-9)10(19)16-5-6-18/h1-4,18H,5-7H2,(H,16,19)(H,17,20). The normalized spacial score (nSPS) is 10.9. The number of amides is 2. The van der Waals surface area contributed by atoms with E-state index < -0.39 is 24.8 Å². The highest BCUT2D eigenvalue weighted by Crippen LogP contribution is 2.15. The minimum absolute atomic E-state index is 0.0998. The summed E-state index contributed by atoms with van der Waals surface area (Å²) in [7, 11) is 0. The summed E-state index contributed by atoms with van der Waals surface area (Å²) in [6.45, 7) is -1.78.